The molecule has 1 aliphatic rings. The lowest BCUT2D eigenvalue weighted by Gasteiger charge is -2.18. The molecule has 156 valence electrons. The number of imidazole rings is 1. The molecule has 0 saturated carbocycles. The van der Waals surface area contributed by atoms with E-state index in [-0.39, 0.29) is 17.6 Å². The molecule has 1 aliphatic heterocycles. The van der Waals surface area contributed by atoms with Gasteiger partial charge in [0.2, 0.25) is 5.91 Å². The molecular weight excluding hydrogens is 393 g/mol. The third-order valence-electron chi connectivity index (χ3n) is 5.79. The van der Waals surface area contributed by atoms with Crippen LogP contribution >= 0.6 is 0 Å². The van der Waals surface area contributed by atoms with Crippen molar-refractivity contribution in [1.29, 1.82) is 0 Å². The highest BCUT2D eigenvalue weighted by Crippen LogP contribution is 2.34. The largest absolute Gasteiger partial charge is 0.497 e. The van der Waals surface area contributed by atoms with Gasteiger partial charge in [0.1, 0.15) is 17.4 Å². The second-order valence-electron chi connectivity index (χ2n) is 7.78. The van der Waals surface area contributed by atoms with Crippen LogP contribution in [0.3, 0.4) is 0 Å². The van der Waals surface area contributed by atoms with Gasteiger partial charge in [0.15, 0.2) is 0 Å². The zero-order valence-corrected chi connectivity index (χ0v) is 17.2. The molecule has 0 radical (unpaired) electrons. The highest BCUT2D eigenvalue weighted by Gasteiger charge is 2.35. The van der Waals surface area contributed by atoms with Crippen molar-refractivity contribution in [3.63, 3.8) is 0 Å². The average Bonchev–Trinajstić information content (AvgIpc) is 3.36. The van der Waals surface area contributed by atoms with Crippen molar-refractivity contribution in [2.24, 2.45) is 0 Å². The maximum Gasteiger partial charge on any atom is 0.227 e. The number of amides is 1. The van der Waals surface area contributed by atoms with Gasteiger partial charge in [-0.15, -0.1) is 0 Å². The fourth-order valence-electron chi connectivity index (χ4n) is 4.25. The van der Waals surface area contributed by atoms with Gasteiger partial charge in [-0.3, -0.25) is 4.79 Å². The lowest BCUT2D eigenvalue weighted by Crippen LogP contribution is -2.24. The van der Waals surface area contributed by atoms with E-state index >= 15 is 0 Å². The van der Waals surface area contributed by atoms with Gasteiger partial charge in [-0.05, 0) is 42.0 Å². The fourth-order valence-corrected chi connectivity index (χ4v) is 4.25. The molecule has 0 bridgehead atoms. The summed E-state index contributed by atoms with van der Waals surface area (Å²) >= 11 is 0. The second kappa shape index (κ2) is 7.87. The van der Waals surface area contributed by atoms with Crippen molar-refractivity contribution in [2.75, 3.05) is 18.6 Å². The van der Waals surface area contributed by atoms with Gasteiger partial charge >= 0.3 is 0 Å². The van der Waals surface area contributed by atoms with Gasteiger partial charge in [-0.1, -0.05) is 30.3 Å². The van der Waals surface area contributed by atoms with Gasteiger partial charge in [0.25, 0.3) is 0 Å². The third-order valence-corrected chi connectivity index (χ3v) is 5.79. The van der Waals surface area contributed by atoms with E-state index in [0.717, 1.165) is 33.9 Å². The van der Waals surface area contributed by atoms with E-state index in [1.54, 1.807) is 24.1 Å². The number of aromatic nitrogens is 2. The number of rotatable bonds is 5. The quantitative estimate of drug-likeness (QED) is 0.473. The zero-order chi connectivity index (χ0) is 21.4. The molecule has 5 rings (SSSR count). The van der Waals surface area contributed by atoms with Gasteiger partial charge in [0.05, 0.1) is 18.1 Å². The van der Waals surface area contributed by atoms with E-state index in [4.69, 9.17) is 9.72 Å². The molecule has 1 saturated heterocycles. The molecule has 5 nitrogen and oxygen atoms in total. The number of carbonyl (C=O) groups is 1. The Hall–Kier alpha value is -3.67. The molecule has 31 heavy (non-hydrogen) atoms. The van der Waals surface area contributed by atoms with Crippen molar-refractivity contribution in [3.05, 3.63) is 90.0 Å². The minimum absolute atomic E-state index is 0.0356. The van der Waals surface area contributed by atoms with Gasteiger partial charge in [0, 0.05) is 37.2 Å². The summed E-state index contributed by atoms with van der Waals surface area (Å²) < 4.78 is 20.8. The van der Waals surface area contributed by atoms with Crippen LogP contribution in [0.25, 0.3) is 11.0 Å². The van der Waals surface area contributed by atoms with E-state index in [0.29, 0.717) is 19.5 Å². The molecule has 1 amide bonds. The first-order valence-corrected chi connectivity index (χ1v) is 10.3. The van der Waals surface area contributed by atoms with Crippen LogP contribution < -0.4 is 9.64 Å². The van der Waals surface area contributed by atoms with Crippen LogP contribution in [-0.4, -0.2) is 29.1 Å². The van der Waals surface area contributed by atoms with Crippen LogP contribution in [0.2, 0.25) is 0 Å². The number of hydrogen-bond acceptors (Lipinski definition) is 3. The summed E-state index contributed by atoms with van der Waals surface area (Å²) in [6.45, 7) is 1.12. The van der Waals surface area contributed by atoms with Crippen LogP contribution in [0.4, 0.5) is 10.1 Å². The Bertz CT molecular complexity index is 1250. The number of methoxy groups -OCH3 is 1. The van der Waals surface area contributed by atoms with Gasteiger partial charge in [-0.25, -0.2) is 9.37 Å². The Balaban J connectivity index is 1.51. The maximum absolute atomic E-state index is 13.4. The number of benzene rings is 3. The predicted molar refractivity (Wildman–Crippen MR) is 118 cm³/mol. The summed E-state index contributed by atoms with van der Waals surface area (Å²) in [5.74, 6) is 1.38. The monoisotopic (exact) mass is 415 g/mol. The maximum atomic E-state index is 13.4. The van der Waals surface area contributed by atoms with E-state index in [2.05, 4.69) is 4.57 Å². The lowest BCUT2D eigenvalue weighted by atomic mass is 10.1. The highest BCUT2D eigenvalue weighted by atomic mass is 19.1. The third kappa shape index (κ3) is 3.65. The first-order valence-electron chi connectivity index (χ1n) is 10.3. The molecule has 6 heteroatoms. The summed E-state index contributed by atoms with van der Waals surface area (Å²) in [5, 5.41) is 0. The van der Waals surface area contributed by atoms with E-state index in [1.165, 1.54) is 12.1 Å². The summed E-state index contributed by atoms with van der Waals surface area (Å²) in [4.78, 5) is 19.6. The highest BCUT2D eigenvalue weighted by molar-refractivity contribution is 5.96. The molecule has 0 aliphatic carbocycles. The Labute approximate surface area is 179 Å². The molecule has 0 N–H and O–H groups in total. The fraction of sp³-hybridized carbons (Fsp3) is 0.200. The van der Waals surface area contributed by atoms with Crippen LogP contribution in [0.1, 0.15) is 23.7 Å². The first kappa shape index (κ1) is 19.3. The molecule has 1 atom stereocenters. The van der Waals surface area contributed by atoms with Crippen molar-refractivity contribution < 1.29 is 13.9 Å². The summed E-state index contributed by atoms with van der Waals surface area (Å²) in [6.07, 6.45) is 0.393. The Morgan fingerprint density at radius 2 is 1.87 bits per heavy atom. The topological polar surface area (TPSA) is 47.4 Å². The van der Waals surface area contributed by atoms with E-state index in [9.17, 15) is 9.18 Å². The molecule has 1 aromatic heterocycles. The molecule has 0 unspecified atom stereocenters. The number of nitrogens with zero attached hydrogens (tertiary/aromatic N) is 3. The van der Waals surface area contributed by atoms with Crippen molar-refractivity contribution in [3.8, 4) is 5.75 Å². The SMILES string of the molecule is COc1cccc(N2C[C@H](c3nc4ccccc4n3Cc3ccc(F)cc3)CC2=O)c1. The number of ether oxygens (including phenoxy) is 1. The molecule has 4 aromatic rings. The molecule has 2 heterocycles. The minimum atomic E-state index is -0.255. The smallest absolute Gasteiger partial charge is 0.227 e. The minimum Gasteiger partial charge on any atom is -0.497 e. The average molecular weight is 415 g/mol. The molecule has 1 fully saturated rings. The van der Waals surface area contributed by atoms with Crippen molar-refractivity contribution in [2.45, 2.75) is 18.9 Å². The van der Waals surface area contributed by atoms with Crippen LogP contribution in [0.15, 0.2) is 72.8 Å². The van der Waals surface area contributed by atoms with Crippen LogP contribution in [0, 0.1) is 5.82 Å². The van der Waals surface area contributed by atoms with E-state index < -0.39 is 0 Å². The first-order chi connectivity index (χ1) is 15.1. The second-order valence-corrected chi connectivity index (χ2v) is 7.78. The number of hydrogen-bond donors (Lipinski definition) is 0. The Morgan fingerprint density at radius 3 is 2.68 bits per heavy atom. The van der Waals surface area contributed by atoms with Gasteiger partial charge < -0.3 is 14.2 Å². The molecule has 3 aromatic carbocycles. The van der Waals surface area contributed by atoms with Crippen LogP contribution in [-0.2, 0) is 11.3 Å². The normalized spacial score (nSPS) is 16.3. The Kier molecular flexibility index (Phi) is 4.90. The van der Waals surface area contributed by atoms with Crippen LogP contribution in [0.5, 0.6) is 5.75 Å². The number of halogens is 1. The summed E-state index contributed by atoms with van der Waals surface area (Å²) in [5.41, 5.74) is 3.72. The van der Waals surface area contributed by atoms with E-state index in [1.807, 2.05) is 48.5 Å². The number of carbonyl (C=O) groups excluding carboxylic acids is 1. The summed E-state index contributed by atoms with van der Waals surface area (Å²) in [7, 11) is 1.62. The predicted octanol–water partition coefficient (Wildman–Crippen LogP) is 4.75. The number of para-hydroxylation sites is 2. The number of fused-ring (bicyclic) bond motifs is 1. The lowest BCUT2D eigenvalue weighted by molar-refractivity contribution is -0.117. The standard InChI is InChI=1S/C25H22FN3O2/c1-31-21-6-4-5-20(14-21)28-16-18(13-24(28)30)25-27-22-7-2-3-8-23(22)29(25)15-17-9-11-19(26)12-10-17/h2-12,14,18H,13,15-16H2,1H3/t18-/m1/s1. The molecular formula is C25H22FN3O2. The molecule has 0 spiro atoms. The van der Waals surface area contributed by atoms with Crippen molar-refractivity contribution in [1.82, 2.24) is 9.55 Å². The van der Waals surface area contributed by atoms with Gasteiger partial charge in [-0.2, -0.15) is 0 Å². The Morgan fingerprint density at radius 1 is 1.06 bits per heavy atom. The number of anilines is 1. The summed E-state index contributed by atoms with van der Waals surface area (Å²) in [6, 6.07) is 22.0. The zero-order valence-electron chi connectivity index (χ0n) is 17.2. The van der Waals surface area contributed by atoms with Crippen molar-refractivity contribution >= 4 is 22.6 Å².